The van der Waals surface area contributed by atoms with Crippen LogP contribution in [0.2, 0.25) is 0 Å². The highest BCUT2D eigenvalue weighted by atomic mass is 16.2. The van der Waals surface area contributed by atoms with Gasteiger partial charge < -0.3 is 10.2 Å². The van der Waals surface area contributed by atoms with Crippen LogP contribution in [-0.4, -0.2) is 23.3 Å². The lowest BCUT2D eigenvalue weighted by molar-refractivity contribution is -0.118. The van der Waals surface area contributed by atoms with Crippen LogP contribution in [0.3, 0.4) is 0 Å². The topological polar surface area (TPSA) is 62.3 Å². The van der Waals surface area contributed by atoms with Crippen LogP contribution in [0.5, 0.6) is 0 Å². The molecule has 0 bridgehead atoms. The number of rotatable bonds is 4. The zero-order chi connectivity index (χ0) is 19.7. The second-order valence-electron chi connectivity index (χ2n) is 7.20. The Morgan fingerprint density at radius 1 is 1.11 bits per heavy atom. The second kappa shape index (κ2) is 7.43. The molecule has 1 N–H and O–H groups in total. The van der Waals surface area contributed by atoms with Gasteiger partial charge in [0.2, 0.25) is 5.91 Å². The van der Waals surface area contributed by atoms with E-state index in [0.29, 0.717) is 18.4 Å². The molecular formula is C23H23N3O2. The summed E-state index contributed by atoms with van der Waals surface area (Å²) in [7, 11) is 0. The molecule has 142 valence electrons. The summed E-state index contributed by atoms with van der Waals surface area (Å²) in [5.74, 6) is 0.0193. The maximum absolute atomic E-state index is 12.7. The summed E-state index contributed by atoms with van der Waals surface area (Å²) in [5.41, 5.74) is 5.24. The van der Waals surface area contributed by atoms with Gasteiger partial charge in [0, 0.05) is 41.0 Å². The number of hydrogen-bond acceptors (Lipinski definition) is 3. The second-order valence-corrected chi connectivity index (χ2v) is 7.20. The van der Waals surface area contributed by atoms with Gasteiger partial charge in [0.1, 0.15) is 0 Å². The fraction of sp³-hybridized carbons (Fsp3) is 0.261. The van der Waals surface area contributed by atoms with Crippen molar-refractivity contribution >= 4 is 34.1 Å². The molecule has 5 nitrogen and oxygen atoms in total. The SMILES string of the molecule is CCCN1C(=O)CCc2cc(NC(=O)c3ccc4nc(C)ccc4c3)ccc21. The third-order valence-corrected chi connectivity index (χ3v) is 5.08. The van der Waals surface area contributed by atoms with Gasteiger partial charge in [-0.2, -0.15) is 0 Å². The van der Waals surface area contributed by atoms with Gasteiger partial charge in [-0.1, -0.05) is 13.0 Å². The number of aromatic nitrogens is 1. The van der Waals surface area contributed by atoms with Crippen LogP contribution in [0, 0.1) is 6.92 Å². The van der Waals surface area contributed by atoms with E-state index in [9.17, 15) is 9.59 Å². The molecular weight excluding hydrogens is 350 g/mol. The summed E-state index contributed by atoms with van der Waals surface area (Å²) >= 11 is 0. The molecule has 2 amide bonds. The number of carbonyl (C=O) groups excluding carboxylic acids is 2. The van der Waals surface area contributed by atoms with E-state index in [1.165, 1.54) is 0 Å². The van der Waals surface area contributed by atoms with Crippen molar-refractivity contribution in [3.63, 3.8) is 0 Å². The third kappa shape index (κ3) is 3.48. The Bertz CT molecular complexity index is 1070. The third-order valence-electron chi connectivity index (χ3n) is 5.08. The fourth-order valence-electron chi connectivity index (χ4n) is 3.68. The number of benzene rings is 2. The molecule has 1 aliphatic rings. The van der Waals surface area contributed by atoms with Gasteiger partial charge in [-0.15, -0.1) is 0 Å². The molecule has 0 spiro atoms. The first kappa shape index (κ1) is 18.2. The molecule has 0 atom stereocenters. The van der Waals surface area contributed by atoms with Gasteiger partial charge in [-0.05, 0) is 67.8 Å². The van der Waals surface area contributed by atoms with Crippen molar-refractivity contribution in [2.75, 3.05) is 16.8 Å². The van der Waals surface area contributed by atoms with Crippen molar-refractivity contribution in [1.29, 1.82) is 0 Å². The van der Waals surface area contributed by atoms with Crippen molar-refractivity contribution in [3.05, 3.63) is 65.4 Å². The summed E-state index contributed by atoms with van der Waals surface area (Å²) in [6.07, 6.45) is 2.14. The molecule has 0 fully saturated rings. The summed E-state index contributed by atoms with van der Waals surface area (Å²) in [5, 5.41) is 3.92. The smallest absolute Gasteiger partial charge is 0.255 e. The van der Waals surface area contributed by atoms with Gasteiger partial charge in [0.05, 0.1) is 5.52 Å². The van der Waals surface area contributed by atoms with Crippen molar-refractivity contribution in [3.8, 4) is 0 Å². The van der Waals surface area contributed by atoms with Crippen LogP contribution < -0.4 is 10.2 Å². The highest BCUT2D eigenvalue weighted by Gasteiger charge is 2.23. The number of aryl methyl sites for hydroxylation is 2. The lowest BCUT2D eigenvalue weighted by Gasteiger charge is -2.29. The van der Waals surface area contributed by atoms with Gasteiger partial charge in [0.15, 0.2) is 0 Å². The average Bonchev–Trinajstić information content (AvgIpc) is 2.69. The number of nitrogens with zero attached hydrogens (tertiary/aromatic N) is 2. The summed E-state index contributed by atoms with van der Waals surface area (Å²) < 4.78 is 0. The van der Waals surface area contributed by atoms with Gasteiger partial charge in [-0.3, -0.25) is 14.6 Å². The number of carbonyl (C=O) groups is 2. The molecule has 2 aromatic carbocycles. The Morgan fingerprint density at radius 2 is 1.96 bits per heavy atom. The molecule has 1 aliphatic heterocycles. The molecule has 0 saturated heterocycles. The average molecular weight is 373 g/mol. The quantitative estimate of drug-likeness (QED) is 0.733. The molecule has 0 unspecified atom stereocenters. The predicted molar refractivity (Wildman–Crippen MR) is 112 cm³/mol. The van der Waals surface area contributed by atoms with E-state index in [1.54, 1.807) is 6.07 Å². The maximum atomic E-state index is 12.7. The standard InChI is InChI=1S/C23H23N3O2/c1-3-12-26-21-10-8-19(14-17(21)7-11-22(26)27)25-23(28)18-6-9-20-16(13-18)5-4-15(2)24-20/h4-6,8-10,13-14H,3,7,11-12H2,1-2H3,(H,25,28). The minimum Gasteiger partial charge on any atom is -0.322 e. The van der Waals surface area contributed by atoms with Crippen molar-refractivity contribution in [1.82, 2.24) is 4.98 Å². The Labute approximate surface area is 164 Å². The first-order valence-electron chi connectivity index (χ1n) is 9.67. The normalized spacial score (nSPS) is 13.5. The predicted octanol–water partition coefficient (Wildman–Crippen LogP) is 4.48. The number of nitrogens with one attached hydrogen (secondary N) is 1. The fourth-order valence-corrected chi connectivity index (χ4v) is 3.68. The Balaban J connectivity index is 1.57. The number of amides is 2. The van der Waals surface area contributed by atoms with Gasteiger partial charge in [0.25, 0.3) is 5.91 Å². The van der Waals surface area contributed by atoms with E-state index in [-0.39, 0.29) is 11.8 Å². The molecule has 0 saturated carbocycles. The van der Waals surface area contributed by atoms with Crippen LogP contribution in [-0.2, 0) is 11.2 Å². The van der Waals surface area contributed by atoms with E-state index >= 15 is 0 Å². The van der Waals surface area contributed by atoms with Crippen LogP contribution in [0.15, 0.2) is 48.5 Å². The zero-order valence-electron chi connectivity index (χ0n) is 16.2. The number of pyridine rings is 1. The molecule has 3 aromatic rings. The minimum absolute atomic E-state index is 0.153. The molecule has 1 aromatic heterocycles. The highest BCUT2D eigenvalue weighted by molar-refractivity contribution is 6.06. The van der Waals surface area contributed by atoms with E-state index < -0.39 is 0 Å². The zero-order valence-corrected chi connectivity index (χ0v) is 16.2. The molecule has 0 radical (unpaired) electrons. The first-order valence-corrected chi connectivity index (χ1v) is 9.67. The van der Waals surface area contributed by atoms with E-state index in [4.69, 9.17) is 0 Å². The molecule has 28 heavy (non-hydrogen) atoms. The van der Waals surface area contributed by atoms with E-state index in [1.807, 2.05) is 54.3 Å². The monoisotopic (exact) mass is 373 g/mol. The largest absolute Gasteiger partial charge is 0.322 e. The lowest BCUT2D eigenvalue weighted by Crippen LogP contribution is -2.35. The number of fused-ring (bicyclic) bond motifs is 2. The van der Waals surface area contributed by atoms with Crippen LogP contribution >= 0.6 is 0 Å². The van der Waals surface area contributed by atoms with E-state index in [0.717, 1.165) is 46.5 Å². The van der Waals surface area contributed by atoms with Crippen molar-refractivity contribution < 1.29 is 9.59 Å². The van der Waals surface area contributed by atoms with Crippen molar-refractivity contribution in [2.24, 2.45) is 0 Å². The maximum Gasteiger partial charge on any atom is 0.255 e. The van der Waals surface area contributed by atoms with E-state index in [2.05, 4.69) is 17.2 Å². The summed E-state index contributed by atoms with van der Waals surface area (Å²) in [4.78, 5) is 31.2. The molecule has 0 aliphatic carbocycles. The number of anilines is 2. The van der Waals surface area contributed by atoms with Crippen LogP contribution in [0.1, 0.15) is 41.4 Å². The lowest BCUT2D eigenvalue weighted by atomic mass is 10.00. The minimum atomic E-state index is -0.153. The number of hydrogen-bond donors (Lipinski definition) is 1. The van der Waals surface area contributed by atoms with Crippen LogP contribution in [0.25, 0.3) is 10.9 Å². The molecule has 4 rings (SSSR count). The summed E-state index contributed by atoms with van der Waals surface area (Å²) in [6, 6.07) is 15.2. The van der Waals surface area contributed by atoms with Crippen LogP contribution in [0.4, 0.5) is 11.4 Å². The highest BCUT2D eigenvalue weighted by Crippen LogP contribution is 2.30. The van der Waals surface area contributed by atoms with Gasteiger partial charge in [-0.25, -0.2) is 0 Å². The molecule has 5 heteroatoms. The van der Waals surface area contributed by atoms with Gasteiger partial charge >= 0.3 is 0 Å². The summed E-state index contributed by atoms with van der Waals surface area (Å²) in [6.45, 7) is 4.74. The van der Waals surface area contributed by atoms with Crippen molar-refractivity contribution in [2.45, 2.75) is 33.1 Å². The Hall–Kier alpha value is -3.21. The Kier molecular flexibility index (Phi) is 4.82. The molecule has 2 heterocycles. The Morgan fingerprint density at radius 3 is 2.79 bits per heavy atom. The first-order chi connectivity index (χ1) is 13.5.